The number of nitro benzene ring substituents is 1. The van der Waals surface area contributed by atoms with Gasteiger partial charge in [-0.2, -0.15) is 0 Å². The van der Waals surface area contributed by atoms with E-state index in [1.165, 1.54) is 31.2 Å². The highest BCUT2D eigenvalue weighted by atomic mass is 16.6. The predicted molar refractivity (Wildman–Crippen MR) is 83.0 cm³/mol. The van der Waals surface area contributed by atoms with E-state index in [2.05, 4.69) is 0 Å². The van der Waals surface area contributed by atoms with Crippen LogP contribution in [0.4, 0.5) is 5.69 Å². The molecule has 2 aliphatic heterocycles. The van der Waals surface area contributed by atoms with E-state index in [1.54, 1.807) is 0 Å². The van der Waals surface area contributed by atoms with Gasteiger partial charge in [0.25, 0.3) is 5.69 Å². The first-order valence-electron chi connectivity index (χ1n) is 7.65. The Morgan fingerprint density at radius 2 is 2.08 bits per heavy atom. The summed E-state index contributed by atoms with van der Waals surface area (Å²) in [7, 11) is 0. The van der Waals surface area contributed by atoms with E-state index >= 15 is 0 Å². The summed E-state index contributed by atoms with van der Waals surface area (Å²) < 4.78 is 5.10. The Bertz CT molecular complexity index is 769. The number of aliphatic hydroxyl groups excluding tert-OH is 2. The summed E-state index contributed by atoms with van der Waals surface area (Å²) in [6, 6.07) is 5.05. The Balaban J connectivity index is 1.65. The van der Waals surface area contributed by atoms with Gasteiger partial charge in [0.15, 0.2) is 5.70 Å². The number of fused-ring (bicyclic) bond motifs is 1. The number of hydrogen-bond acceptors (Lipinski definition) is 7. The molecule has 0 bridgehead atoms. The summed E-state index contributed by atoms with van der Waals surface area (Å²) in [5.41, 5.74) is 0.253. The normalized spacial score (nSPS) is 23.1. The number of carbonyl (C=O) groups is 2. The number of hydrogen-bond donors (Lipinski definition) is 2. The maximum Gasteiger partial charge on any atom is 0.358 e. The van der Waals surface area contributed by atoms with Crippen LogP contribution in [-0.4, -0.2) is 44.1 Å². The van der Waals surface area contributed by atoms with E-state index in [-0.39, 0.29) is 30.2 Å². The van der Waals surface area contributed by atoms with Crippen LogP contribution in [0.5, 0.6) is 0 Å². The van der Waals surface area contributed by atoms with Crippen LogP contribution in [0.1, 0.15) is 18.9 Å². The standard InChI is InChI=1S/C16H16N2O7/c1-8(19)13-11-6-12(20)14(17(11)15(13)21)16(22)25-7-9-2-4-10(5-3-9)18(23)24/h2-5,8,11,13,19-20H,6-7H2,1H3/t8-,11-,13-/m1/s1. The fourth-order valence-electron chi connectivity index (χ4n) is 3.17. The third-order valence-electron chi connectivity index (χ3n) is 4.42. The van der Waals surface area contributed by atoms with Crippen molar-refractivity contribution in [3.63, 3.8) is 0 Å². The van der Waals surface area contributed by atoms with Crippen LogP contribution in [0.25, 0.3) is 0 Å². The van der Waals surface area contributed by atoms with E-state index < -0.39 is 34.9 Å². The molecular formula is C16H16N2O7. The lowest BCUT2D eigenvalue weighted by Crippen LogP contribution is -2.61. The predicted octanol–water partition coefficient (Wildman–Crippen LogP) is 1.02. The molecular weight excluding hydrogens is 332 g/mol. The van der Waals surface area contributed by atoms with Gasteiger partial charge in [-0.3, -0.25) is 19.8 Å². The topological polar surface area (TPSA) is 130 Å². The maximum atomic E-state index is 12.2. The summed E-state index contributed by atoms with van der Waals surface area (Å²) in [6.45, 7) is 1.34. The van der Waals surface area contributed by atoms with Crippen molar-refractivity contribution in [2.24, 2.45) is 5.92 Å². The summed E-state index contributed by atoms with van der Waals surface area (Å²) in [6.07, 6.45) is -0.763. The molecule has 25 heavy (non-hydrogen) atoms. The zero-order valence-corrected chi connectivity index (χ0v) is 13.3. The summed E-state index contributed by atoms with van der Waals surface area (Å²) >= 11 is 0. The molecule has 2 heterocycles. The van der Waals surface area contributed by atoms with Crippen LogP contribution < -0.4 is 0 Å². The van der Waals surface area contributed by atoms with Crippen LogP contribution >= 0.6 is 0 Å². The minimum absolute atomic E-state index is 0.0793. The first-order valence-corrected chi connectivity index (χ1v) is 7.65. The van der Waals surface area contributed by atoms with Gasteiger partial charge >= 0.3 is 5.97 Å². The van der Waals surface area contributed by atoms with E-state index in [1.807, 2.05) is 0 Å². The average Bonchev–Trinajstić information content (AvgIpc) is 2.85. The fourth-order valence-corrected chi connectivity index (χ4v) is 3.17. The number of β-lactam (4-membered cyclic amide) rings is 1. The molecule has 2 aliphatic rings. The van der Waals surface area contributed by atoms with Crippen molar-refractivity contribution in [2.45, 2.75) is 32.1 Å². The molecule has 0 aromatic heterocycles. The van der Waals surface area contributed by atoms with Gasteiger partial charge < -0.3 is 14.9 Å². The van der Waals surface area contributed by atoms with Gasteiger partial charge in [0, 0.05) is 18.6 Å². The SMILES string of the molecule is C[C@@H](O)[C@H]1C(=O)N2C(C(=O)OCc3ccc([N+](=O)[O-])cc3)=C(O)C[C@H]12. The molecule has 9 nitrogen and oxygen atoms in total. The van der Waals surface area contributed by atoms with Gasteiger partial charge in [-0.25, -0.2) is 4.79 Å². The number of aliphatic hydroxyl groups is 2. The van der Waals surface area contributed by atoms with E-state index in [4.69, 9.17) is 4.74 Å². The molecule has 9 heteroatoms. The Morgan fingerprint density at radius 3 is 2.64 bits per heavy atom. The molecule has 1 fully saturated rings. The highest BCUT2D eigenvalue weighted by Gasteiger charge is 2.57. The Morgan fingerprint density at radius 1 is 1.44 bits per heavy atom. The maximum absolute atomic E-state index is 12.2. The first kappa shape index (κ1) is 16.9. The van der Waals surface area contributed by atoms with Crippen LogP contribution in [0.15, 0.2) is 35.7 Å². The summed E-state index contributed by atoms with van der Waals surface area (Å²) in [5.74, 6) is -2.15. The van der Waals surface area contributed by atoms with Gasteiger partial charge in [0.05, 0.1) is 23.0 Å². The van der Waals surface area contributed by atoms with Crippen LogP contribution in [0.3, 0.4) is 0 Å². The third-order valence-corrected chi connectivity index (χ3v) is 4.42. The number of ether oxygens (including phenoxy) is 1. The van der Waals surface area contributed by atoms with Crippen molar-refractivity contribution in [2.75, 3.05) is 0 Å². The minimum Gasteiger partial charge on any atom is -0.510 e. The monoisotopic (exact) mass is 348 g/mol. The zero-order chi connectivity index (χ0) is 18.3. The highest BCUT2D eigenvalue weighted by molar-refractivity contribution is 6.00. The van der Waals surface area contributed by atoms with E-state index in [9.17, 15) is 29.9 Å². The Hall–Kier alpha value is -2.94. The molecule has 0 saturated carbocycles. The number of benzene rings is 1. The van der Waals surface area contributed by atoms with Gasteiger partial charge in [-0.05, 0) is 24.6 Å². The lowest BCUT2D eigenvalue weighted by atomic mass is 9.83. The molecule has 3 rings (SSSR count). The van der Waals surface area contributed by atoms with Gasteiger partial charge in [-0.15, -0.1) is 0 Å². The number of nitro groups is 1. The molecule has 0 aliphatic carbocycles. The largest absolute Gasteiger partial charge is 0.510 e. The Labute approximate surface area is 142 Å². The molecule has 0 spiro atoms. The summed E-state index contributed by atoms with van der Waals surface area (Å²) in [5, 5.41) is 30.2. The Kier molecular flexibility index (Phi) is 4.17. The van der Waals surface area contributed by atoms with Crippen LogP contribution in [0, 0.1) is 16.0 Å². The average molecular weight is 348 g/mol. The molecule has 1 aromatic carbocycles. The molecule has 1 amide bonds. The van der Waals surface area contributed by atoms with Gasteiger partial charge in [-0.1, -0.05) is 0 Å². The summed E-state index contributed by atoms with van der Waals surface area (Å²) in [4.78, 5) is 35.5. The molecule has 0 unspecified atom stereocenters. The zero-order valence-electron chi connectivity index (χ0n) is 13.3. The number of amides is 1. The third kappa shape index (κ3) is 2.82. The second-order valence-electron chi connectivity index (χ2n) is 6.04. The van der Waals surface area contributed by atoms with Crippen LogP contribution in [-0.2, 0) is 20.9 Å². The smallest absolute Gasteiger partial charge is 0.358 e. The van der Waals surface area contributed by atoms with Crippen molar-refractivity contribution in [1.82, 2.24) is 4.90 Å². The number of rotatable bonds is 5. The first-order chi connectivity index (χ1) is 11.8. The number of nitrogens with zero attached hydrogens (tertiary/aromatic N) is 2. The number of carbonyl (C=O) groups excluding carboxylic acids is 2. The quantitative estimate of drug-likeness (QED) is 0.351. The van der Waals surface area contributed by atoms with E-state index in [0.29, 0.717) is 5.56 Å². The van der Waals surface area contributed by atoms with Gasteiger partial charge in [0.2, 0.25) is 5.91 Å². The molecule has 0 radical (unpaired) electrons. The van der Waals surface area contributed by atoms with Crippen molar-refractivity contribution >= 4 is 17.6 Å². The fraction of sp³-hybridized carbons (Fsp3) is 0.375. The molecule has 3 atom stereocenters. The highest BCUT2D eigenvalue weighted by Crippen LogP contribution is 2.43. The van der Waals surface area contributed by atoms with Crippen molar-refractivity contribution in [3.05, 3.63) is 51.4 Å². The minimum atomic E-state index is -0.864. The molecule has 2 N–H and O–H groups in total. The molecule has 1 saturated heterocycles. The van der Waals surface area contributed by atoms with Crippen molar-refractivity contribution < 1.29 is 29.5 Å². The second kappa shape index (κ2) is 6.17. The number of esters is 1. The second-order valence-corrected chi connectivity index (χ2v) is 6.04. The lowest BCUT2D eigenvalue weighted by Gasteiger charge is -2.44. The lowest BCUT2D eigenvalue weighted by molar-refractivity contribution is -0.384. The van der Waals surface area contributed by atoms with Crippen molar-refractivity contribution in [3.8, 4) is 0 Å². The number of non-ortho nitro benzene ring substituents is 1. The van der Waals surface area contributed by atoms with Gasteiger partial charge in [0.1, 0.15) is 12.4 Å². The van der Waals surface area contributed by atoms with E-state index in [0.717, 1.165) is 4.90 Å². The molecule has 132 valence electrons. The van der Waals surface area contributed by atoms with Crippen LogP contribution in [0.2, 0.25) is 0 Å². The van der Waals surface area contributed by atoms with Crippen molar-refractivity contribution in [1.29, 1.82) is 0 Å². The molecule has 1 aromatic rings.